The van der Waals surface area contributed by atoms with Crippen molar-refractivity contribution in [2.75, 3.05) is 36.5 Å². The van der Waals surface area contributed by atoms with Crippen LogP contribution in [-0.4, -0.2) is 49.3 Å². The van der Waals surface area contributed by atoms with Crippen molar-refractivity contribution in [1.29, 1.82) is 5.26 Å². The van der Waals surface area contributed by atoms with Crippen LogP contribution < -0.4 is 15.5 Å². The Morgan fingerprint density at radius 3 is 2.56 bits per heavy atom. The van der Waals surface area contributed by atoms with Gasteiger partial charge in [-0.3, -0.25) is 4.79 Å². The van der Waals surface area contributed by atoms with E-state index in [1.54, 1.807) is 13.8 Å². The van der Waals surface area contributed by atoms with E-state index in [9.17, 15) is 20.0 Å². The summed E-state index contributed by atoms with van der Waals surface area (Å²) in [4.78, 5) is 25.7. The quantitative estimate of drug-likeness (QED) is 0.491. The van der Waals surface area contributed by atoms with E-state index in [1.807, 2.05) is 30.3 Å². The topological polar surface area (TPSA) is 115 Å². The molecule has 27 heavy (non-hydrogen) atoms. The third kappa shape index (κ3) is 5.46. The van der Waals surface area contributed by atoms with E-state index in [-0.39, 0.29) is 11.5 Å². The van der Waals surface area contributed by atoms with Crippen molar-refractivity contribution in [3.8, 4) is 6.07 Å². The normalized spacial score (nSPS) is 15.8. The van der Waals surface area contributed by atoms with Crippen molar-refractivity contribution in [2.45, 2.75) is 19.9 Å². The van der Waals surface area contributed by atoms with Gasteiger partial charge in [0.05, 0.1) is 24.6 Å². The molecule has 8 nitrogen and oxygen atoms in total. The number of para-hydroxylation sites is 2. The molecule has 1 aromatic rings. The maximum absolute atomic E-state index is 12.3. The molecular formula is C19H24N4O4. The van der Waals surface area contributed by atoms with Crippen LogP contribution >= 0.6 is 0 Å². The second kappa shape index (κ2) is 9.59. The van der Waals surface area contributed by atoms with Crippen molar-refractivity contribution in [1.82, 2.24) is 5.32 Å². The molecule has 144 valence electrons. The molecule has 1 fully saturated rings. The number of amides is 1. The van der Waals surface area contributed by atoms with Gasteiger partial charge in [0.15, 0.2) is 0 Å². The Morgan fingerprint density at radius 1 is 1.30 bits per heavy atom. The van der Waals surface area contributed by atoms with E-state index in [0.717, 1.165) is 24.5 Å². The van der Waals surface area contributed by atoms with Crippen LogP contribution in [0.4, 0.5) is 11.4 Å². The standard InChI is InChI=1S/C19H24N4O4/c1-13(2)17(19(25)26)22-18(24)14(11-20)12-21-15-5-3-4-6-16(15)23-7-9-27-10-8-23/h3-6,12-13,17,21H,7-10H2,1-2H3,(H,22,24)(H,25,26)/b14-12-. The highest BCUT2D eigenvalue weighted by Gasteiger charge is 2.25. The highest BCUT2D eigenvalue weighted by Crippen LogP contribution is 2.26. The van der Waals surface area contributed by atoms with Crippen LogP contribution in [0.1, 0.15) is 13.8 Å². The number of nitrogens with zero attached hydrogens (tertiary/aromatic N) is 2. The lowest BCUT2D eigenvalue weighted by molar-refractivity contribution is -0.142. The molecule has 0 spiro atoms. The molecule has 3 N–H and O–H groups in total. The fraction of sp³-hybridized carbons (Fsp3) is 0.421. The second-order valence-corrected chi connectivity index (χ2v) is 6.46. The van der Waals surface area contributed by atoms with Crippen LogP contribution in [0.3, 0.4) is 0 Å². The zero-order valence-corrected chi connectivity index (χ0v) is 15.4. The summed E-state index contributed by atoms with van der Waals surface area (Å²) < 4.78 is 5.37. The molecule has 1 heterocycles. The van der Waals surface area contributed by atoms with Gasteiger partial charge >= 0.3 is 5.97 Å². The van der Waals surface area contributed by atoms with Crippen LogP contribution in [0.15, 0.2) is 36.0 Å². The van der Waals surface area contributed by atoms with Gasteiger partial charge in [0.25, 0.3) is 5.91 Å². The third-order valence-electron chi connectivity index (χ3n) is 4.21. The summed E-state index contributed by atoms with van der Waals surface area (Å²) in [5.41, 5.74) is 1.50. The molecule has 1 aromatic carbocycles. The number of carbonyl (C=O) groups excluding carboxylic acids is 1. The van der Waals surface area contributed by atoms with Crippen LogP contribution in [-0.2, 0) is 14.3 Å². The summed E-state index contributed by atoms with van der Waals surface area (Å²) in [5, 5.41) is 23.9. The SMILES string of the molecule is CC(C)C(NC(=O)/C(C#N)=C\Nc1ccccc1N1CCOCC1)C(=O)O. The highest BCUT2D eigenvalue weighted by atomic mass is 16.5. The summed E-state index contributed by atoms with van der Waals surface area (Å²) in [6, 6.07) is 8.32. The van der Waals surface area contributed by atoms with E-state index < -0.39 is 17.9 Å². The van der Waals surface area contributed by atoms with Gasteiger partial charge < -0.3 is 25.4 Å². The molecular weight excluding hydrogens is 348 g/mol. The van der Waals surface area contributed by atoms with Crippen LogP contribution in [0.5, 0.6) is 0 Å². The Labute approximate surface area is 158 Å². The molecule has 1 unspecified atom stereocenters. The van der Waals surface area contributed by atoms with Gasteiger partial charge in [-0.2, -0.15) is 5.26 Å². The van der Waals surface area contributed by atoms with Crippen LogP contribution in [0, 0.1) is 17.2 Å². The summed E-state index contributed by atoms with van der Waals surface area (Å²) in [7, 11) is 0. The molecule has 0 aliphatic carbocycles. The number of aliphatic carboxylic acids is 1. The van der Waals surface area contributed by atoms with Crippen molar-refractivity contribution < 1.29 is 19.4 Å². The Balaban J connectivity index is 2.14. The highest BCUT2D eigenvalue weighted by molar-refractivity contribution is 5.99. The van der Waals surface area contributed by atoms with Gasteiger partial charge in [-0.25, -0.2) is 4.79 Å². The summed E-state index contributed by atoms with van der Waals surface area (Å²) >= 11 is 0. The minimum atomic E-state index is -1.14. The number of nitrogens with one attached hydrogen (secondary N) is 2. The first-order valence-corrected chi connectivity index (χ1v) is 8.76. The monoisotopic (exact) mass is 372 g/mol. The van der Waals surface area contributed by atoms with E-state index in [4.69, 9.17) is 4.74 Å². The fourth-order valence-electron chi connectivity index (χ4n) is 2.71. The Morgan fingerprint density at radius 2 is 1.96 bits per heavy atom. The van der Waals surface area contributed by atoms with Crippen LogP contribution in [0.2, 0.25) is 0 Å². The van der Waals surface area contributed by atoms with Gasteiger partial charge in [-0.1, -0.05) is 26.0 Å². The summed E-state index contributed by atoms with van der Waals surface area (Å²) in [6.45, 7) is 6.16. The Hall–Kier alpha value is -3.05. The number of anilines is 2. The molecule has 0 radical (unpaired) electrons. The van der Waals surface area contributed by atoms with E-state index >= 15 is 0 Å². The average Bonchev–Trinajstić information content (AvgIpc) is 2.67. The number of rotatable bonds is 7. The Bertz CT molecular complexity index is 748. The van der Waals surface area contributed by atoms with Crippen molar-refractivity contribution >= 4 is 23.3 Å². The van der Waals surface area contributed by atoms with E-state index in [0.29, 0.717) is 13.2 Å². The number of hydrogen-bond donors (Lipinski definition) is 3. The molecule has 0 aromatic heterocycles. The van der Waals surface area contributed by atoms with Crippen molar-refractivity contribution in [2.24, 2.45) is 5.92 Å². The zero-order chi connectivity index (χ0) is 19.8. The molecule has 2 rings (SSSR count). The first kappa shape index (κ1) is 20.3. The summed E-state index contributed by atoms with van der Waals surface area (Å²) in [5.74, 6) is -2.17. The number of morpholine rings is 1. The van der Waals surface area contributed by atoms with Gasteiger partial charge in [-0.05, 0) is 18.1 Å². The predicted octanol–water partition coefficient (Wildman–Crippen LogP) is 1.57. The van der Waals surface area contributed by atoms with E-state index in [1.165, 1.54) is 6.20 Å². The lowest BCUT2D eigenvalue weighted by atomic mass is 10.0. The number of carboxylic acids is 1. The molecule has 1 atom stereocenters. The fourth-order valence-corrected chi connectivity index (χ4v) is 2.71. The number of ether oxygens (including phenoxy) is 1. The average molecular weight is 372 g/mol. The minimum Gasteiger partial charge on any atom is -0.480 e. The number of hydrogen-bond acceptors (Lipinski definition) is 6. The van der Waals surface area contributed by atoms with Crippen molar-refractivity contribution in [3.05, 3.63) is 36.0 Å². The second-order valence-electron chi connectivity index (χ2n) is 6.46. The maximum atomic E-state index is 12.3. The maximum Gasteiger partial charge on any atom is 0.326 e. The lowest BCUT2D eigenvalue weighted by Crippen LogP contribution is -2.44. The molecule has 1 saturated heterocycles. The van der Waals surface area contributed by atoms with Gasteiger partial charge in [0, 0.05) is 19.3 Å². The molecule has 1 aliphatic rings. The summed E-state index contributed by atoms with van der Waals surface area (Å²) in [6.07, 6.45) is 1.30. The molecule has 1 amide bonds. The lowest BCUT2D eigenvalue weighted by Gasteiger charge is -2.30. The van der Waals surface area contributed by atoms with Crippen molar-refractivity contribution in [3.63, 3.8) is 0 Å². The van der Waals surface area contributed by atoms with Gasteiger partial charge in [0.2, 0.25) is 0 Å². The van der Waals surface area contributed by atoms with Gasteiger partial charge in [-0.15, -0.1) is 0 Å². The van der Waals surface area contributed by atoms with Gasteiger partial charge in [0.1, 0.15) is 17.7 Å². The molecule has 8 heteroatoms. The number of carbonyl (C=O) groups is 2. The first-order valence-electron chi connectivity index (χ1n) is 8.76. The smallest absolute Gasteiger partial charge is 0.326 e. The Kier molecular flexibility index (Phi) is 7.20. The number of benzene rings is 1. The molecule has 1 aliphatic heterocycles. The predicted molar refractivity (Wildman–Crippen MR) is 101 cm³/mol. The van der Waals surface area contributed by atoms with Crippen LogP contribution in [0.25, 0.3) is 0 Å². The molecule has 0 saturated carbocycles. The number of nitriles is 1. The third-order valence-corrected chi connectivity index (χ3v) is 4.21. The minimum absolute atomic E-state index is 0.196. The zero-order valence-electron chi connectivity index (χ0n) is 15.4. The number of carboxylic acid groups (broad SMARTS) is 1. The molecule has 0 bridgehead atoms. The van der Waals surface area contributed by atoms with E-state index in [2.05, 4.69) is 15.5 Å². The largest absolute Gasteiger partial charge is 0.480 e. The first-order chi connectivity index (χ1) is 12.9.